The third-order valence-electron chi connectivity index (χ3n) is 5.59. The molecule has 0 aromatic rings. The Balaban J connectivity index is 2.48. The van der Waals surface area contributed by atoms with Crippen molar-refractivity contribution in [3.63, 3.8) is 0 Å². The van der Waals surface area contributed by atoms with Crippen LogP contribution in [0.25, 0.3) is 0 Å². The summed E-state index contributed by atoms with van der Waals surface area (Å²) in [5.41, 5.74) is 5.16. The maximum atomic E-state index is 11.7. The Bertz CT molecular complexity index is 521. The molecule has 0 spiro atoms. The van der Waals surface area contributed by atoms with Gasteiger partial charge in [-0.05, 0) is 44.1 Å². The molecule has 0 aromatic carbocycles. The van der Waals surface area contributed by atoms with Gasteiger partial charge in [-0.25, -0.2) is 0 Å². The average molecular weight is 415 g/mol. The Hall–Kier alpha value is -1.06. The predicted octanol–water partition coefficient (Wildman–Crippen LogP) is 0.562. The third-order valence-corrected chi connectivity index (χ3v) is 5.59. The number of rotatable bonds is 13. The number of hydrogen-bond donors (Lipinski definition) is 5. The van der Waals surface area contributed by atoms with Gasteiger partial charge < -0.3 is 21.3 Å². The molecular weight excluding hydrogens is 372 g/mol. The number of aliphatic hydroxyl groups is 2. The van der Waals surface area contributed by atoms with Crippen LogP contribution in [-0.4, -0.2) is 71.0 Å². The van der Waals surface area contributed by atoms with Gasteiger partial charge in [-0.3, -0.25) is 19.8 Å². The zero-order valence-electron chi connectivity index (χ0n) is 18.8. The number of amides is 1. The fourth-order valence-corrected chi connectivity index (χ4v) is 3.68. The highest BCUT2D eigenvalue weighted by Gasteiger charge is 2.41. The molecule has 1 aliphatic rings. The molecule has 0 saturated carbocycles. The van der Waals surface area contributed by atoms with E-state index in [1.54, 1.807) is 4.90 Å². The second kappa shape index (κ2) is 12.0. The first-order valence-corrected chi connectivity index (χ1v) is 10.9. The molecule has 3 unspecified atom stereocenters. The molecule has 4 atom stereocenters. The van der Waals surface area contributed by atoms with Crippen molar-refractivity contribution in [1.29, 1.82) is 0 Å². The van der Waals surface area contributed by atoms with Crippen LogP contribution in [0, 0.1) is 11.3 Å². The summed E-state index contributed by atoms with van der Waals surface area (Å²) in [4.78, 5) is 25.0. The number of nitrogens with two attached hydrogens (primary N) is 1. The van der Waals surface area contributed by atoms with E-state index in [0.29, 0.717) is 25.9 Å². The first-order valence-electron chi connectivity index (χ1n) is 10.9. The predicted molar refractivity (Wildman–Crippen MR) is 114 cm³/mol. The molecule has 8 nitrogen and oxygen atoms in total. The fourth-order valence-electron chi connectivity index (χ4n) is 3.68. The Morgan fingerprint density at radius 2 is 1.86 bits per heavy atom. The quantitative estimate of drug-likeness (QED) is 0.220. The molecule has 0 bridgehead atoms. The molecule has 170 valence electrons. The van der Waals surface area contributed by atoms with Gasteiger partial charge in [0, 0.05) is 12.5 Å². The molecule has 29 heavy (non-hydrogen) atoms. The Morgan fingerprint density at radius 1 is 1.21 bits per heavy atom. The zero-order chi connectivity index (χ0) is 22.2. The van der Waals surface area contributed by atoms with E-state index in [4.69, 9.17) is 5.73 Å². The number of carbonyl (C=O) groups excluding carboxylic acids is 2. The lowest BCUT2D eigenvalue weighted by atomic mass is 9.84. The minimum atomic E-state index is -0.909. The van der Waals surface area contributed by atoms with Crippen LogP contribution >= 0.6 is 0 Å². The van der Waals surface area contributed by atoms with Crippen molar-refractivity contribution < 1.29 is 19.8 Å². The summed E-state index contributed by atoms with van der Waals surface area (Å²) < 4.78 is 0. The van der Waals surface area contributed by atoms with E-state index >= 15 is 0 Å². The molecule has 1 heterocycles. The SMILES string of the molecule is CC(C)C(=O)CNCCCCC(O)N[C@H](C(O)N1CCCC1C(N)=O)C(C)(C)C. The number of ketones is 1. The number of hydrogen-bond acceptors (Lipinski definition) is 7. The second-order valence-corrected chi connectivity index (χ2v) is 9.53. The number of nitrogens with zero attached hydrogens (tertiary/aromatic N) is 1. The van der Waals surface area contributed by atoms with Crippen LogP contribution in [0.2, 0.25) is 0 Å². The van der Waals surface area contributed by atoms with Crippen LogP contribution in [0.1, 0.15) is 66.7 Å². The van der Waals surface area contributed by atoms with E-state index in [1.807, 2.05) is 34.6 Å². The van der Waals surface area contributed by atoms with Crippen molar-refractivity contribution >= 4 is 11.7 Å². The average Bonchev–Trinajstić information content (AvgIpc) is 3.10. The van der Waals surface area contributed by atoms with Gasteiger partial charge in [-0.1, -0.05) is 34.6 Å². The molecule has 1 rings (SSSR count). The van der Waals surface area contributed by atoms with Crippen molar-refractivity contribution in [2.45, 2.75) is 91.3 Å². The van der Waals surface area contributed by atoms with Gasteiger partial charge in [-0.2, -0.15) is 0 Å². The molecule has 1 aliphatic heterocycles. The summed E-state index contributed by atoms with van der Waals surface area (Å²) in [5.74, 6) is -0.179. The molecular formula is C21H42N4O4. The van der Waals surface area contributed by atoms with Crippen molar-refractivity contribution in [3.05, 3.63) is 0 Å². The molecule has 0 aromatic heterocycles. The molecule has 1 fully saturated rings. The summed E-state index contributed by atoms with van der Waals surface area (Å²) in [6, 6.07) is -0.882. The molecule has 1 amide bonds. The largest absolute Gasteiger partial charge is 0.379 e. The number of nitrogens with one attached hydrogen (secondary N) is 2. The van der Waals surface area contributed by atoms with Gasteiger partial charge in [0.1, 0.15) is 18.2 Å². The summed E-state index contributed by atoms with van der Waals surface area (Å²) >= 11 is 0. The second-order valence-electron chi connectivity index (χ2n) is 9.53. The van der Waals surface area contributed by atoms with Gasteiger partial charge in [0.05, 0.1) is 18.6 Å². The van der Waals surface area contributed by atoms with E-state index in [-0.39, 0.29) is 17.1 Å². The maximum absolute atomic E-state index is 11.7. The summed E-state index contributed by atoms with van der Waals surface area (Å²) in [7, 11) is 0. The minimum Gasteiger partial charge on any atom is -0.379 e. The number of unbranched alkanes of at least 4 members (excludes halogenated alkanes) is 1. The van der Waals surface area contributed by atoms with Crippen LogP contribution in [0.5, 0.6) is 0 Å². The maximum Gasteiger partial charge on any atom is 0.234 e. The normalized spacial score (nSPS) is 21.3. The Kier molecular flexibility index (Phi) is 10.7. The zero-order valence-corrected chi connectivity index (χ0v) is 18.8. The smallest absolute Gasteiger partial charge is 0.234 e. The van der Waals surface area contributed by atoms with Crippen LogP contribution in [0.3, 0.4) is 0 Å². The van der Waals surface area contributed by atoms with Crippen molar-refractivity contribution in [2.75, 3.05) is 19.6 Å². The third kappa shape index (κ3) is 8.68. The first kappa shape index (κ1) is 26.0. The molecule has 8 heteroatoms. The number of aliphatic hydroxyl groups excluding tert-OH is 2. The van der Waals surface area contributed by atoms with Gasteiger partial charge in [0.15, 0.2) is 0 Å². The van der Waals surface area contributed by atoms with Crippen molar-refractivity contribution in [2.24, 2.45) is 17.1 Å². The number of likely N-dealkylation sites (tertiary alicyclic amines) is 1. The summed E-state index contributed by atoms with van der Waals surface area (Å²) in [6.45, 7) is 11.5. The topological polar surface area (TPSA) is 128 Å². The molecule has 6 N–H and O–H groups in total. The standard InChI is InChI=1S/C21H42N4O4/c1-14(2)16(26)13-23-11-7-6-10-17(27)24-18(21(3,4)5)20(29)25-12-8-9-15(25)19(22)28/h14-15,17-18,20,23-24,27,29H,6-13H2,1-5H3,(H2,22,28)/t15?,17?,18-,20?/m1/s1. The van der Waals surface area contributed by atoms with Crippen LogP contribution in [0.4, 0.5) is 0 Å². The van der Waals surface area contributed by atoms with Crippen LogP contribution in [0.15, 0.2) is 0 Å². The lowest BCUT2D eigenvalue weighted by molar-refractivity contribution is -0.130. The number of Topliss-reactive ketones (excluding diaryl/α,β-unsaturated/α-hetero) is 1. The van der Waals surface area contributed by atoms with E-state index in [9.17, 15) is 19.8 Å². The van der Waals surface area contributed by atoms with E-state index in [0.717, 1.165) is 25.8 Å². The number of primary amides is 1. The fraction of sp³-hybridized carbons (Fsp3) is 0.905. The Morgan fingerprint density at radius 3 is 2.41 bits per heavy atom. The van der Waals surface area contributed by atoms with Crippen molar-refractivity contribution in [1.82, 2.24) is 15.5 Å². The first-order chi connectivity index (χ1) is 13.4. The van der Waals surface area contributed by atoms with Gasteiger partial charge in [-0.15, -0.1) is 0 Å². The molecule has 0 aliphatic carbocycles. The minimum absolute atomic E-state index is 0.0408. The lowest BCUT2D eigenvalue weighted by Gasteiger charge is -2.41. The lowest BCUT2D eigenvalue weighted by Crippen LogP contribution is -2.60. The number of carbonyl (C=O) groups is 2. The highest BCUT2D eigenvalue weighted by molar-refractivity contribution is 5.82. The van der Waals surface area contributed by atoms with Crippen LogP contribution < -0.4 is 16.4 Å². The highest BCUT2D eigenvalue weighted by atomic mass is 16.3. The highest BCUT2D eigenvalue weighted by Crippen LogP contribution is 2.28. The summed E-state index contributed by atoms with van der Waals surface area (Å²) in [6.07, 6.45) is 1.97. The van der Waals surface area contributed by atoms with Gasteiger partial charge >= 0.3 is 0 Å². The van der Waals surface area contributed by atoms with Crippen LogP contribution in [-0.2, 0) is 9.59 Å². The van der Waals surface area contributed by atoms with E-state index in [2.05, 4.69) is 10.6 Å². The van der Waals surface area contributed by atoms with E-state index < -0.39 is 30.4 Å². The summed E-state index contributed by atoms with van der Waals surface area (Å²) in [5, 5.41) is 27.7. The van der Waals surface area contributed by atoms with E-state index in [1.165, 1.54) is 0 Å². The Labute approximate surface area is 175 Å². The monoisotopic (exact) mass is 414 g/mol. The van der Waals surface area contributed by atoms with Crippen molar-refractivity contribution in [3.8, 4) is 0 Å². The molecule has 0 radical (unpaired) electrons. The van der Waals surface area contributed by atoms with Gasteiger partial charge in [0.25, 0.3) is 0 Å². The van der Waals surface area contributed by atoms with Gasteiger partial charge in [0.2, 0.25) is 5.91 Å². The molecule has 1 saturated heterocycles.